The van der Waals surface area contributed by atoms with Crippen molar-refractivity contribution in [2.24, 2.45) is 32.5 Å². The number of carbonyl (C=O) groups is 9. The molecule has 3 fully saturated rings. The molecule has 0 aromatic rings. The minimum absolute atomic E-state index is 0.245. The zero-order valence-electron chi connectivity index (χ0n) is 51.8. The van der Waals surface area contributed by atoms with Gasteiger partial charge in [0.1, 0.15) is 50.3 Å². The molecule has 3 heterocycles. The Labute approximate surface area is 506 Å². The molecule has 480 valence electrons. The van der Waals surface area contributed by atoms with Crippen LogP contribution in [-0.2, 0) is 114 Å². The number of hydrogen-bond acceptors (Lipinski definition) is 25. The topological polar surface area (TPSA) is 316 Å². The number of alkyl halides is 3. The Bertz CT molecular complexity index is 2390. The highest BCUT2D eigenvalue weighted by Gasteiger charge is 2.61. The molecule has 25 nitrogen and oxygen atoms in total. The fourth-order valence-corrected chi connectivity index (χ4v) is 7.62. The molecular weight excluding hydrogens is 1180 g/mol. The van der Waals surface area contributed by atoms with E-state index in [9.17, 15) is 43.2 Å². The molecule has 3 aliphatic rings. The van der Waals surface area contributed by atoms with Crippen LogP contribution in [0.25, 0.3) is 0 Å². The van der Waals surface area contributed by atoms with E-state index in [0.29, 0.717) is 0 Å². The summed E-state index contributed by atoms with van der Waals surface area (Å²) in [6.45, 7) is 28.4. The van der Waals surface area contributed by atoms with Crippen LogP contribution in [0.15, 0.2) is 0 Å². The lowest BCUT2D eigenvalue weighted by Crippen LogP contribution is -2.69. The van der Waals surface area contributed by atoms with Crippen molar-refractivity contribution in [3.05, 3.63) is 0 Å². The second-order valence-corrected chi connectivity index (χ2v) is 29.1. The molecule has 84 heavy (non-hydrogen) atoms. The monoisotopic (exact) mass is 1260 g/mol. The zero-order chi connectivity index (χ0) is 64.8. The molecule has 0 amide bonds. The van der Waals surface area contributed by atoms with Gasteiger partial charge in [-0.1, -0.05) is 34.8 Å². The smallest absolute Gasteiger partial charge is 0.311 e. The Hall–Kier alpha value is -4.63. The molecule has 0 aromatic carbocycles. The van der Waals surface area contributed by atoms with Gasteiger partial charge in [0.25, 0.3) is 3.79 Å². The maximum Gasteiger partial charge on any atom is 0.311 e. The summed E-state index contributed by atoms with van der Waals surface area (Å²) in [6, 6.07) is 0. The molecule has 0 spiro atoms. The average Bonchev–Trinajstić information content (AvgIpc) is 1.68. The van der Waals surface area contributed by atoms with E-state index in [1.165, 1.54) is 83.1 Å². The van der Waals surface area contributed by atoms with Crippen molar-refractivity contribution in [2.75, 3.05) is 19.8 Å². The summed E-state index contributed by atoms with van der Waals surface area (Å²) in [4.78, 5) is 123. The summed E-state index contributed by atoms with van der Waals surface area (Å²) < 4.78 is 89.8. The quantitative estimate of drug-likeness (QED) is 0.0498. The van der Waals surface area contributed by atoms with Crippen LogP contribution in [-0.4, -0.2) is 169 Å². The maximum absolute atomic E-state index is 14.6. The Morgan fingerprint density at radius 1 is 0.381 bits per heavy atom. The van der Waals surface area contributed by atoms with Crippen LogP contribution in [0, 0.1) is 37.9 Å². The largest absolute Gasteiger partial charge is 0.463 e. The molecule has 0 unspecified atom stereocenters. The fraction of sp³-hybridized carbons (Fsp3) is 0.821. The molecule has 1 N–H and O–H groups in total. The van der Waals surface area contributed by atoms with Crippen molar-refractivity contribution < 1.29 is 114 Å². The molecule has 3 aliphatic heterocycles. The molecule has 28 heteroatoms. The van der Waals surface area contributed by atoms with Gasteiger partial charge in [-0.3, -0.25) is 48.6 Å². The second-order valence-electron chi connectivity index (χ2n) is 26.8. The summed E-state index contributed by atoms with van der Waals surface area (Å²) in [5.74, 6) is -9.04. The van der Waals surface area contributed by atoms with E-state index in [-0.39, 0.29) is 6.42 Å². The lowest BCUT2D eigenvalue weighted by Gasteiger charge is -2.50. The Kier molecular flexibility index (Phi) is 25.0. The first kappa shape index (κ1) is 73.6. The SMILES string of the molecule is CC(=O)OC[C@@H]1C[C@H](OC(C)=O)[C@@H](OC(C)=O)[C@@H](O[C@H]2[C@@H](OC(=O)C(C)(C)C)[C@@H](COC(=O)C(C)(C)C)O[C@@H](O[C@H]3[C@H](OC(=O)C(C)(C)C)[C@@H](OC(=O)C(C)(C)C)[C@@H](OC(=N)C(Cl)(Cl)Cl)O[C@@H]3COC(=O)C(C)(C)C)[C@@H]2OC(=O)C(C)(C)C)O1. The summed E-state index contributed by atoms with van der Waals surface area (Å²) in [6.07, 6.45) is -26.1. The van der Waals surface area contributed by atoms with Crippen molar-refractivity contribution in [3.63, 3.8) is 0 Å². The lowest BCUT2D eigenvalue weighted by molar-refractivity contribution is -0.376. The van der Waals surface area contributed by atoms with Crippen LogP contribution in [0.4, 0.5) is 0 Å². The third-order valence-corrected chi connectivity index (χ3v) is 12.7. The van der Waals surface area contributed by atoms with Gasteiger partial charge in [-0.2, -0.15) is 0 Å². The minimum Gasteiger partial charge on any atom is -0.463 e. The van der Waals surface area contributed by atoms with Gasteiger partial charge in [-0.15, -0.1) is 0 Å². The molecule has 0 saturated carbocycles. The number of esters is 9. The molecule has 3 saturated heterocycles. The number of halogens is 3. The van der Waals surface area contributed by atoms with Crippen LogP contribution in [0.5, 0.6) is 0 Å². The van der Waals surface area contributed by atoms with E-state index in [1.54, 1.807) is 41.5 Å². The van der Waals surface area contributed by atoms with E-state index in [2.05, 4.69) is 0 Å². The summed E-state index contributed by atoms with van der Waals surface area (Å²) >= 11 is 18.3. The van der Waals surface area contributed by atoms with Gasteiger partial charge in [0, 0.05) is 27.2 Å². The fourth-order valence-electron chi connectivity index (χ4n) is 7.49. The van der Waals surface area contributed by atoms with Crippen LogP contribution in [0.2, 0.25) is 0 Å². The van der Waals surface area contributed by atoms with Crippen LogP contribution in [0.1, 0.15) is 152 Å². The first-order chi connectivity index (χ1) is 37.9. The highest BCUT2D eigenvalue weighted by Crippen LogP contribution is 2.41. The van der Waals surface area contributed by atoms with Crippen molar-refractivity contribution in [2.45, 2.75) is 242 Å². The average molecular weight is 1260 g/mol. The summed E-state index contributed by atoms with van der Waals surface area (Å²) in [5, 5.41) is 8.61. The van der Waals surface area contributed by atoms with Gasteiger partial charge >= 0.3 is 53.7 Å². The first-order valence-electron chi connectivity index (χ1n) is 27.2. The number of ether oxygens (including phenoxy) is 15. The highest BCUT2D eigenvalue weighted by molar-refractivity contribution is 6.76. The maximum atomic E-state index is 14.6. The van der Waals surface area contributed by atoms with Gasteiger partial charge in [0.2, 0.25) is 18.3 Å². The van der Waals surface area contributed by atoms with Gasteiger partial charge in [-0.05, 0) is 125 Å². The van der Waals surface area contributed by atoms with Crippen molar-refractivity contribution in [1.82, 2.24) is 0 Å². The van der Waals surface area contributed by atoms with Crippen molar-refractivity contribution in [3.8, 4) is 0 Å². The van der Waals surface area contributed by atoms with Crippen LogP contribution in [0.3, 0.4) is 0 Å². The van der Waals surface area contributed by atoms with E-state index in [1.807, 2.05) is 0 Å². The third kappa shape index (κ3) is 21.7. The Morgan fingerprint density at radius 2 is 0.738 bits per heavy atom. The van der Waals surface area contributed by atoms with E-state index < -0.39 is 202 Å². The van der Waals surface area contributed by atoms with Gasteiger partial charge in [0.15, 0.2) is 37.0 Å². The molecule has 0 aromatic heterocycles. The molecule has 0 radical (unpaired) electrons. The molecular formula is C56H86Cl3NO24. The van der Waals surface area contributed by atoms with Gasteiger partial charge in [0.05, 0.1) is 38.6 Å². The first-order valence-corrected chi connectivity index (χ1v) is 28.3. The zero-order valence-corrected chi connectivity index (χ0v) is 54.1. The molecule has 0 aliphatic carbocycles. The van der Waals surface area contributed by atoms with Gasteiger partial charge < -0.3 is 71.1 Å². The van der Waals surface area contributed by atoms with Gasteiger partial charge in [-0.25, -0.2) is 0 Å². The summed E-state index contributed by atoms with van der Waals surface area (Å²) in [7, 11) is 0. The molecule has 14 atom stereocenters. The number of carbonyl (C=O) groups excluding carboxylic acids is 9. The van der Waals surface area contributed by atoms with Crippen LogP contribution < -0.4 is 0 Å². The van der Waals surface area contributed by atoms with E-state index in [0.717, 1.165) is 20.8 Å². The standard InChI is InChI=1S/C56H86Cl3NO24/c1-26(61)70-23-29-22-30(73-27(2)62)35(74-28(3)63)40(75-29)79-36-34(80-46(66)52(10,11)12)32(25-72-45(65)51(7,8)9)76-41(38(36)82-48(68)54(16,17)18)78-33-31(24-71-44(64)50(4,5)6)77-42(84-43(60)56(57,58)59)39(83-49(69)55(19,20)21)37(33)81-47(67)53(13,14)15/h29-42,60H,22-25H2,1-21H3/t29-,30-,31+,32+,33+,34-,35+,36-,37-,38+,39+,40+,41-,42+/m0/s1. The molecule has 0 bridgehead atoms. The minimum atomic E-state index is -2.58. The van der Waals surface area contributed by atoms with E-state index in [4.69, 9.17) is 111 Å². The predicted molar refractivity (Wildman–Crippen MR) is 295 cm³/mol. The Morgan fingerprint density at radius 3 is 1.13 bits per heavy atom. The molecule has 3 rings (SSSR count). The van der Waals surface area contributed by atoms with E-state index >= 15 is 0 Å². The van der Waals surface area contributed by atoms with Crippen molar-refractivity contribution >= 4 is 94.4 Å². The normalized spacial score (nSPS) is 28.0. The predicted octanol–water partition coefficient (Wildman–Crippen LogP) is 7.12. The Balaban J connectivity index is 2.65. The third-order valence-electron chi connectivity index (χ3n) is 12.2. The number of nitrogens with one attached hydrogen (secondary N) is 1. The summed E-state index contributed by atoms with van der Waals surface area (Å²) in [5.41, 5.74) is -7.72. The van der Waals surface area contributed by atoms with Crippen LogP contribution >= 0.6 is 34.8 Å². The second kappa shape index (κ2) is 28.5. The lowest BCUT2D eigenvalue weighted by atomic mass is 9.92. The number of rotatable bonds is 17. The highest BCUT2D eigenvalue weighted by atomic mass is 35.6. The van der Waals surface area contributed by atoms with Crippen molar-refractivity contribution in [1.29, 1.82) is 5.41 Å². The number of hydrogen-bond donors (Lipinski definition) is 1.